The highest BCUT2D eigenvalue weighted by atomic mass is 16.5. The maximum atomic E-state index is 12.7. The van der Waals surface area contributed by atoms with E-state index < -0.39 is 0 Å². The second kappa shape index (κ2) is 7.54. The van der Waals surface area contributed by atoms with Crippen molar-refractivity contribution in [3.8, 4) is 0 Å². The van der Waals surface area contributed by atoms with Gasteiger partial charge in [-0.1, -0.05) is 26.8 Å². The Hall–Kier alpha value is -2.25. The van der Waals surface area contributed by atoms with Crippen molar-refractivity contribution >= 4 is 22.6 Å². The topological polar surface area (TPSA) is 102 Å². The van der Waals surface area contributed by atoms with Crippen molar-refractivity contribution in [3.05, 3.63) is 29.1 Å². The zero-order valence-electron chi connectivity index (χ0n) is 17.7. The van der Waals surface area contributed by atoms with E-state index >= 15 is 0 Å². The Morgan fingerprint density at radius 2 is 2.07 bits per heavy atom. The fraction of sp³-hybridized carbons (Fsp3) is 0.591. The Bertz CT molecular complexity index is 933. The molecule has 1 aliphatic heterocycles. The minimum Gasteiger partial charge on any atom is -0.383 e. The van der Waals surface area contributed by atoms with E-state index in [1.165, 1.54) is 18.4 Å². The van der Waals surface area contributed by atoms with Crippen LogP contribution in [0, 0.1) is 0 Å². The number of fused-ring (bicyclic) bond motifs is 1. The maximum absolute atomic E-state index is 12.7. The first kappa shape index (κ1) is 20.0. The molecule has 1 saturated heterocycles. The SMILES string of the molecule is COC1CNC(CNC(=O)c2nc(N)c3cc(C4CC4)cc(C(C)(C)C)c3n2)C1. The molecule has 1 aromatic heterocycles. The quantitative estimate of drug-likeness (QED) is 0.716. The number of hydrogen-bond acceptors (Lipinski definition) is 6. The summed E-state index contributed by atoms with van der Waals surface area (Å²) in [6.45, 7) is 7.79. The van der Waals surface area contributed by atoms with Gasteiger partial charge >= 0.3 is 0 Å². The minimum absolute atomic E-state index is 0.110. The minimum atomic E-state index is -0.299. The van der Waals surface area contributed by atoms with Crippen LogP contribution >= 0.6 is 0 Å². The Labute approximate surface area is 171 Å². The van der Waals surface area contributed by atoms with Crippen molar-refractivity contribution in [2.45, 2.75) is 63.5 Å². The first-order valence-electron chi connectivity index (χ1n) is 10.4. The van der Waals surface area contributed by atoms with Gasteiger partial charge in [0, 0.05) is 31.6 Å². The summed E-state index contributed by atoms with van der Waals surface area (Å²) in [6.07, 6.45) is 3.50. The number of hydrogen-bond donors (Lipinski definition) is 3. The Kier molecular flexibility index (Phi) is 5.21. The van der Waals surface area contributed by atoms with Gasteiger partial charge in [0.25, 0.3) is 5.91 Å². The monoisotopic (exact) mass is 397 g/mol. The van der Waals surface area contributed by atoms with Gasteiger partial charge in [-0.3, -0.25) is 4.79 Å². The molecule has 2 atom stereocenters. The number of anilines is 1. The molecule has 7 heteroatoms. The number of rotatable bonds is 5. The van der Waals surface area contributed by atoms with E-state index in [0.29, 0.717) is 18.3 Å². The molecule has 1 saturated carbocycles. The molecule has 4 rings (SSSR count). The number of carbonyl (C=O) groups is 1. The first-order chi connectivity index (χ1) is 13.8. The summed E-state index contributed by atoms with van der Waals surface area (Å²) in [5, 5.41) is 7.13. The number of aromatic nitrogens is 2. The molecule has 2 aliphatic rings. The fourth-order valence-corrected chi connectivity index (χ4v) is 4.02. The van der Waals surface area contributed by atoms with Gasteiger partial charge in [-0.25, -0.2) is 9.97 Å². The molecule has 2 heterocycles. The summed E-state index contributed by atoms with van der Waals surface area (Å²) in [5.41, 5.74) is 9.37. The van der Waals surface area contributed by atoms with E-state index in [1.54, 1.807) is 7.11 Å². The van der Waals surface area contributed by atoms with Crippen molar-refractivity contribution in [2.24, 2.45) is 0 Å². The van der Waals surface area contributed by atoms with Crippen molar-refractivity contribution in [3.63, 3.8) is 0 Å². The zero-order valence-corrected chi connectivity index (χ0v) is 17.7. The Balaban J connectivity index is 1.62. The fourth-order valence-electron chi connectivity index (χ4n) is 4.02. The summed E-state index contributed by atoms with van der Waals surface area (Å²) < 4.78 is 5.36. The lowest BCUT2D eigenvalue weighted by molar-refractivity contribution is 0.0936. The number of carbonyl (C=O) groups excluding carboxylic acids is 1. The van der Waals surface area contributed by atoms with E-state index in [0.717, 1.165) is 29.4 Å². The normalized spacial score (nSPS) is 22.2. The molecule has 2 aromatic rings. The van der Waals surface area contributed by atoms with Crippen molar-refractivity contribution in [1.82, 2.24) is 20.6 Å². The number of nitrogen functional groups attached to an aromatic ring is 1. The second-order valence-corrected chi connectivity index (χ2v) is 9.33. The lowest BCUT2D eigenvalue weighted by atomic mass is 9.84. The molecule has 1 amide bonds. The summed E-state index contributed by atoms with van der Waals surface area (Å²) in [4.78, 5) is 21.7. The van der Waals surface area contributed by atoms with Gasteiger partial charge in [-0.15, -0.1) is 0 Å². The molecule has 156 valence electrons. The third-order valence-corrected chi connectivity index (χ3v) is 5.94. The van der Waals surface area contributed by atoms with E-state index in [9.17, 15) is 4.79 Å². The molecule has 1 aliphatic carbocycles. The third-order valence-electron chi connectivity index (χ3n) is 5.94. The van der Waals surface area contributed by atoms with Crippen molar-refractivity contribution < 1.29 is 9.53 Å². The zero-order chi connectivity index (χ0) is 20.8. The maximum Gasteiger partial charge on any atom is 0.289 e. The van der Waals surface area contributed by atoms with Gasteiger partial charge in [0.1, 0.15) is 5.82 Å². The molecule has 2 unspecified atom stereocenters. The Morgan fingerprint density at radius 3 is 2.69 bits per heavy atom. The van der Waals surface area contributed by atoms with Crippen LogP contribution < -0.4 is 16.4 Å². The molecular weight excluding hydrogens is 366 g/mol. The summed E-state index contributed by atoms with van der Waals surface area (Å²) in [6, 6.07) is 4.53. The van der Waals surface area contributed by atoms with Crippen LogP contribution in [-0.4, -0.2) is 48.2 Å². The highest BCUT2D eigenvalue weighted by Crippen LogP contribution is 2.43. The highest BCUT2D eigenvalue weighted by Gasteiger charge is 2.29. The van der Waals surface area contributed by atoms with Gasteiger partial charge in [0.05, 0.1) is 11.6 Å². The van der Waals surface area contributed by atoms with Crippen LogP contribution in [0.4, 0.5) is 5.82 Å². The number of nitrogens with one attached hydrogen (secondary N) is 2. The number of nitrogens with two attached hydrogens (primary N) is 1. The number of nitrogens with zero attached hydrogens (tertiary/aromatic N) is 2. The van der Waals surface area contributed by atoms with Gasteiger partial charge in [-0.2, -0.15) is 0 Å². The molecule has 29 heavy (non-hydrogen) atoms. The van der Waals surface area contributed by atoms with Gasteiger partial charge in [0.2, 0.25) is 5.82 Å². The Morgan fingerprint density at radius 1 is 1.31 bits per heavy atom. The van der Waals surface area contributed by atoms with Crippen molar-refractivity contribution in [1.29, 1.82) is 0 Å². The molecule has 4 N–H and O–H groups in total. The summed E-state index contributed by atoms with van der Waals surface area (Å²) in [5.74, 6) is 0.803. The smallest absolute Gasteiger partial charge is 0.289 e. The molecule has 0 spiro atoms. The standard InChI is InChI=1S/C22H31N5O2/c1-22(2,3)17-8-13(12-5-6-12)7-16-18(17)26-20(27-19(16)23)21(28)25-10-14-9-15(29-4)11-24-14/h7-8,12,14-15,24H,5-6,9-11H2,1-4H3,(H,25,28)(H2,23,26,27). The van der Waals surface area contributed by atoms with Crippen LogP contribution in [0.15, 0.2) is 12.1 Å². The molecule has 2 fully saturated rings. The lowest BCUT2D eigenvalue weighted by Gasteiger charge is -2.22. The first-order valence-corrected chi connectivity index (χ1v) is 10.4. The number of methoxy groups -OCH3 is 1. The lowest BCUT2D eigenvalue weighted by Crippen LogP contribution is -2.37. The highest BCUT2D eigenvalue weighted by molar-refractivity contribution is 5.97. The number of amides is 1. The van der Waals surface area contributed by atoms with Crippen molar-refractivity contribution in [2.75, 3.05) is 25.9 Å². The molecule has 1 aromatic carbocycles. The predicted molar refractivity (Wildman–Crippen MR) is 114 cm³/mol. The van der Waals surface area contributed by atoms with Crippen LogP contribution in [0.2, 0.25) is 0 Å². The van der Waals surface area contributed by atoms with Gasteiger partial charge in [-0.05, 0) is 47.8 Å². The van der Waals surface area contributed by atoms with Gasteiger partial charge < -0.3 is 21.1 Å². The molecule has 0 bridgehead atoms. The van der Waals surface area contributed by atoms with E-state index in [-0.39, 0.29) is 29.3 Å². The number of benzene rings is 1. The third kappa shape index (κ3) is 4.21. The van der Waals surface area contributed by atoms with Crippen LogP contribution in [0.1, 0.15) is 67.7 Å². The van der Waals surface area contributed by atoms with Crippen LogP contribution in [0.3, 0.4) is 0 Å². The number of ether oxygens (including phenoxy) is 1. The summed E-state index contributed by atoms with van der Waals surface area (Å²) >= 11 is 0. The summed E-state index contributed by atoms with van der Waals surface area (Å²) in [7, 11) is 1.71. The van der Waals surface area contributed by atoms with E-state index in [4.69, 9.17) is 10.5 Å². The molecule has 0 radical (unpaired) electrons. The predicted octanol–water partition coefficient (Wildman–Crippen LogP) is 2.49. The molecule has 7 nitrogen and oxygen atoms in total. The van der Waals surface area contributed by atoms with Crippen LogP contribution in [0.25, 0.3) is 10.9 Å². The van der Waals surface area contributed by atoms with Gasteiger partial charge in [0.15, 0.2) is 0 Å². The largest absolute Gasteiger partial charge is 0.383 e. The second-order valence-electron chi connectivity index (χ2n) is 9.33. The van der Waals surface area contributed by atoms with Crippen LogP contribution in [-0.2, 0) is 10.2 Å². The average Bonchev–Trinajstić information content (AvgIpc) is 3.42. The molecular formula is C22H31N5O2. The average molecular weight is 398 g/mol. The van der Waals surface area contributed by atoms with E-state index in [2.05, 4.69) is 53.5 Å². The van der Waals surface area contributed by atoms with Crippen LogP contribution in [0.5, 0.6) is 0 Å². The van der Waals surface area contributed by atoms with E-state index in [1.807, 2.05) is 0 Å².